The number of anilines is 4. The summed E-state index contributed by atoms with van der Waals surface area (Å²) in [4.78, 5) is 31.3. The van der Waals surface area contributed by atoms with E-state index >= 15 is 0 Å². The molecule has 10 nitrogen and oxygen atoms in total. The second-order valence-electron chi connectivity index (χ2n) is 8.83. The van der Waals surface area contributed by atoms with E-state index in [0.717, 1.165) is 63.7 Å². The first-order chi connectivity index (χ1) is 17.9. The molecule has 1 aromatic carbocycles. The Kier molecular flexibility index (Phi) is 9.64. The molecule has 0 saturated carbocycles. The molecule has 4 N–H and O–H groups in total. The van der Waals surface area contributed by atoms with Crippen LogP contribution in [0.1, 0.15) is 27.5 Å². The van der Waals surface area contributed by atoms with Crippen LogP contribution >= 0.6 is 22.9 Å². The molecule has 1 aliphatic heterocycles. The van der Waals surface area contributed by atoms with Crippen molar-refractivity contribution < 1.29 is 9.53 Å². The Morgan fingerprint density at radius 2 is 1.97 bits per heavy atom. The molecule has 198 valence electrons. The van der Waals surface area contributed by atoms with E-state index in [-0.39, 0.29) is 5.91 Å². The summed E-state index contributed by atoms with van der Waals surface area (Å²) in [5, 5.41) is 7.13. The maximum absolute atomic E-state index is 12.7. The van der Waals surface area contributed by atoms with E-state index in [0.29, 0.717) is 38.9 Å². The predicted molar refractivity (Wildman–Crippen MR) is 149 cm³/mol. The minimum Gasteiger partial charge on any atom is -0.380 e. The van der Waals surface area contributed by atoms with Crippen LogP contribution in [0.5, 0.6) is 0 Å². The van der Waals surface area contributed by atoms with Crippen LogP contribution in [0.4, 0.5) is 22.5 Å². The molecule has 37 heavy (non-hydrogen) atoms. The Bertz CT molecular complexity index is 1200. The Morgan fingerprint density at radius 3 is 2.73 bits per heavy atom. The number of aromatic nitrogens is 3. The minimum absolute atomic E-state index is 0.265. The average Bonchev–Trinajstić information content (AvgIpc) is 3.34. The number of hydrogen-bond donors (Lipinski definition) is 3. The van der Waals surface area contributed by atoms with Crippen LogP contribution in [0, 0.1) is 13.8 Å². The zero-order chi connectivity index (χ0) is 26.2. The van der Waals surface area contributed by atoms with Crippen molar-refractivity contribution in [1.82, 2.24) is 19.9 Å². The van der Waals surface area contributed by atoms with Crippen molar-refractivity contribution in [2.75, 3.05) is 68.0 Å². The highest BCUT2D eigenvalue weighted by atomic mass is 35.5. The van der Waals surface area contributed by atoms with Gasteiger partial charge in [-0.15, -0.1) is 0 Å². The number of nitrogens with one attached hydrogen (secondary N) is 2. The fraction of sp³-hybridized carbons (Fsp3) is 0.440. The zero-order valence-corrected chi connectivity index (χ0v) is 22.7. The van der Waals surface area contributed by atoms with Gasteiger partial charge in [0, 0.05) is 45.4 Å². The lowest BCUT2D eigenvalue weighted by atomic mass is 10.2. The molecule has 1 aliphatic rings. The minimum atomic E-state index is -0.265. The highest BCUT2D eigenvalue weighted by Gasteiger charge is 2.19. The second-order valence-corrected chi connectivity index (χ2v) is 10.3. The van der Waals surface area contributed by atoms with Crippen LogP contribution in [0.15, 0.2) is 30.5 Å². The first-order valence-electron chi connectivity index (χ1n) is 12.3. The molecule has 1 amide bonds. The maximum atomic E-state index is 12.7. The number of aryl methyl sites for hydroxylation is 2. The third-order valence-corrected chi connectivity index (χ3v) is 7.13. The molecule has 3 aromatic rings. The monoisotopic (exact) mass is 544 g/mol. The van der Waals surface area contributed by atoms with Crippen molar-refractivity contribution in [1.29, 1.82) is 0 Å². The zero-order valence-electron chi connectivity index (χ0n) is 21.2. The van der Waals surface area contributed by atoms with Crippen LogP contribution in [0.2, 0.25) is 5.02 Å². The van der Waals surface area contributed by atoms with Gasteiger partial charge in [0.25, 0.3) is 5.91 Å². The van der Waals surface area contributed by atoms with Gasteiger partial charge in [-0.25, -0.2) is 15.0 Å². The lowest BCUT2D eigenvalue weighted by Gasteiger charge is -2.35. The van der Waals surface area contributed by atoms with Gasteiger partial charge in [-0.2, -0.15) is 0 Å². The summed E-state index contributed by atoms with van der Waals surface area (Å²) in [6.45, 7) is 10.5. The van der Waals surface area contributed by atoms with E-state index in [1.165, 1.54) is 11.3 Å². The lowest BCUT2D eigenvalue weighted by molar-refractivity contribution is 0.101. The van der Waals surface area contributed by atoms with E-state index in [4.69, 9.17) is 22.1 Å². The van der Waals surface area contributed by atoms with Crippen LogP contribution in [-0.4, -0.2) is 78.2 Å². The Morgan fingerprint density at radius 1 is 1.16 bits per heavy atom. The van der Waals surface area contributed by atoms with Crippen molar-refractivity contribution in [3.63, 3.8) is 0 Å². The number of ether oxygens (including phenoxy) is 1. The third-order valence-electron chi connectivity index (χ3n) is 5.90. The molecule has 4 rings (SSSR count). The van der Waals surface area contributed by atoms with Gasteiger partial charge in [-0.3, -0.25) is 9.69 Å². The van der Waals surface area contributed by atoms with Crippen molar-refractivity contribution in [2.24, 2.45) is 5.73 Å². The van der Waals surface area contributed by atoms with Crippen LogP contribution in [0.3, 0.4) is 0 Å². The van der Waals surface area contributed by atoms with Gasteiger partial charge < -0.3 is 26.0 Å². The number of nitrogens with two attached hydrogens (primary N) is 1. The first-order valence-corrected chi connectivity index (χ1v) is 13.5. The quantitative estimate of drug-likeness (QED) is 0.310. The number of amides is 1. The van der Waals surface area contributed by atoms with Gasteiger partial charge >= 0.3 is 0 Å². The summed E-state index contributed by atoms with van der Waals surface area (Å²) >= 11 is 7.49. The topological polar surface area (TPSA) is 122 Å². The summed E-state index contributed by atoms with van der Waals surface area (Å²) in [5.41, 5.74) is 7.09. The molecule has 1 saturated heterocycles. The molecule has 0 bridgehead atoms. The van der Waals surface area contributed by atoms with E-state index < -0.39 is 0 Å². The maximum Gasteiger partial charge on any atom is 0.267 e. The van der Waals surface area contributed by atoms with Crippen molar-refractivity contribution >= 4 is 51.3 Å². The van der Waals surface area contributed by atoms with Gasteiger partial charge in [-0.1, -0.05) is 29.0 Å². The fourth-order valence-electron chi connectivity index (χ4n) is 3.91. The number of nitrogens with zero attached hydrogens (tertiary/aromatic N) is 5. The molecular weight excluding hydrogens is 512 g/mol. The molecule has 3 heterocycles. The van der Waals surface area contributed by atoms with Gasteiger partial charge in [0.15, 0.2) is 5.13 Å². The van der Waals surface area contributed by atoms with E-state index in [9.17, 15) is 4.79 Å². The fourth-order valence-corrected chi connectivity index (χ4v) is 4.91. The highest BCUT2D eigenvalue weighted by molar-refractivity contribution is 7.17. The third kappa shape index (κ3) is 7.83. The number of carbonyl (C=O) groups excluding carboxylic acids is 1. The van der Waals surface area contributed by atoms with Crippen molar-refractivity contribution in [2.45, 2.75) is 20.3 Å². The number of thiazole rings is 1. The van der Waals surface area contributed by atoms with Gasteiger partial charge in [0.2, 0.25) is 0 Å². The van der Waals surface area contributed by atoms with Crippen molar-refractivity contribution in [3.05, 3.63) is 51.7 Å². The molecule has 12 heteroatoms. The summed E-state index contributed by atoms with van der Waals surface area (Å²) in [7, 11) is 0. The molecular formula is C25H33ClN8O2S. The lowest BCUT2D eigenvalue weighted by Crippen LogP contribution is -2.47. The van der Waals surface area contributed by atoms with Gasteiger partial charge in [-0.05, 0) is 44.5 Å². The summed E-state index contributed by atoms with van der Waals surface area (Å²) in [6.07, 6.45) is 2.44. The number of piperazine rings is 1. The summed E-state index contributed by atoms with van der Waals surface area (Å²) in [5.74, 6) is 1.91. The normalized spacial score (nSPS) is 14.1. The van der Waals surface area contributed by atoms with Gasteiger partial charge in [0.1, 0.15) is 22.3 Å². The van der Waals surface area contributed by atoms with Crippen LogP contribution < -0.4 is 21.3 Å². The smallest absolute Gasteiger partial charge is 0.267 e. The van der Waals surface area contributed by atoms with E-state index in [1.807, 2.05) is 32.0 Å². The first kappa shape index (κ1) is 27.2. The largest absolute Gasteiger partial charge is 0.380 e. The van der Waals surface area contributed by atoms with Crippen molar-refractivity contribution in [3.8, 4) is 0 Å². The molecule has 0 spiro atoms. The Hall–Kier alpha value is -2.83. The molecule has 0 unspecified atom stereocenters. The number of carbonyl (C=O) groups is 1. The molecule has 0 atom stereocenters. The summed E-state index contributed by atoms with van der Waals surface area (Å²) in [6, 6.07) is 7.42. The standard InChI is InChI=1S/C25H33ClN8O2S/c1-17-4-5-20(19(26)14-17)31-24(35)21-16-28-25(37-21)32-22-15-23(30-18(2)29-22)34-9-7-33(8-10-34)11-13-36-12-3-6-27/h4-5,14-16H,3,6-13,27H2,1-2H3,(H,31,35)(H,28,29,30,32). The van der Waals surface area contributed by atoms with Crippen LogP contribution in [-0.2, 0) is 4.74 Å². The molecule has 0 aliphatic carbocycles. The molecule has 0 radical (unpaired) electrons. The Balaban J connectivity index is 1.32. The average molecular weight is 545 g/mol. The highest BCUT2D eigenvalue weighted by Crippen LogP contribution is 2.27. The number of halogens is 1. The Labute approximate surface area is 226 Å². The second kappa shape index (κ2) is 13.1. The SMILES string of the molecule is Cc1ccc(NC(=O)c2cnc(Nc3cc(N4CCN(CCOCCCN)CC4)nc(C)n3)s2)c(Cl)c1. The number of hydrogen-bond acceptors (Lipinski definition) is 10. The van der Waals surface area contributed by atoms with Crippen LogP contribution in [0.25, 0.3) is 0 Å². The van der Waals surface area contributed by atoms with E-state index in [1.54, 1.807) is 12.3 Å². The van der Waals surface area contributed by atoms with Gasteiger partial charge in [0.05, 0.1) is 23.5 Å². The summed E-state index contributed by atoms with van der Waals surface area (Å²) < 4.78 is 5.63. The molecule has 1 fully saturated rings. The molecule has 2 aromatic heterocycles. The van der Waals surface area contributed by atoms with E-state index in [2.05, 4.69) is 35.4 Å². The predicted octanol–water partition coefficient (Wildman–Crippen LogP) is 3.69. The number of benzene rings is 1. The number of rotatable bonds is 11.